The molecule has 50 heavy (non-hydrogen) atoms. The van der Waals surface area contributed by atoms with Crippen molar-refractivity contribution in [2.75, 3.05) is 0 Å². The number of carbonyl (C=O) groups excluding carboxylic acids is 4. The number of hydrogen-bond acceptors (Lipinski definition) is 7. The Bertz CT molecular complexity index is 1620. The monoisotopic (exact) mass is 687 g/mol. The van der Waals surface area contributed by atoms with E-state index in [0.29, 0.717) is 11.1 Å². The number of hydrogen-bond donors (Lipinski definition) is 3. The summed E-state index contributed by atoms with van der Waals surface area (Å²) in [5.74, 6) is -1.79. The van der Waals surface area contributed by atoms with Crippen molar-refractivity contribution in [2.45, 2.75) is 117 Å². The highest BCUT2D eigenvalue weighted by atomic mass is 16.6. The number of nitrogens with zero attached hydrogens (tertiary/aromatic N) is 1. The second kappa shape index (κ2) is 16.2. The Kier molecular flexibility index (Phi) is 12.8. The maximum Gasteiger partial charge on any atom is 0.408 e. The van der Waals surface area contributed by atoms with Crippen LogP contribution in [0.5, 0.6) is 5.75 Å². The molecule has 0 bridgehead atoms. The Morgan fingerprint density at radius 1 is 0.700 bits per heavy atom. The highest BCUT2D eigenvalue weighted by molar-refractivity contribution is 5.94. The molecule has 0 aliphatic carbocycles. The number of benzene rings is 3. The van der Waals surface area contributed by atoms with Gasteiger partial charge in [-0.1, -0.05) is 66.7 Å². The number of ether oxygens (including phenoxy) is 2. The van der Waals surface area contributed by atoms with E-state index in [1.807, 2.05) is 60.7 Å². The SMILES string of the molecule is Cc1cc(C(C(=O)NC(Cc2ccccc2)C(=O)OC(C)(C)C)N(C(=O)C(Cc2ccccc2)NC(=O)OC(C)(C)C)C(C)(C)C)ccc1O. The first-order valence-electron chi connectivity index (χ1n) is 16.9. The maximum atomic E-state index is 14.9. The summed E-state index contributed by atoms with van der Waals surface area (Å²) in [5, 5.41) is 16.1. The van der Waals surface area contributed by atoms with Crippen molar-refractivity contribution in [3.05, 3.63) is 101 Å². The largest absolute Gasteiger partial charge is 0.508 e. The molecule has 0 aliphatic heterocycles. The smallest absolute Gasteiger partial charge is 0.408 e. The Hall–Kier alpha value is -4.86. The lowest BCUT2D eigenvalue weighted by molar-refractivity contribution is -0.159. The number of amides is 3. The molecule has 3 rings (SSSR count). The summed E-state index contributed by atoms with van der Waals surface area (Å²) in [7, 11) is 0. The van der Waals surface area contributed by atoms with Gasteiger partial charge in [-0.2, -0.15) is 0 Å². The third-order valence-electron chi connectivity index (χ3n) is 7.57. The highest BCUT2D eigenvalue weighted by Crippen LogP contribution is 2.33. The third kappa shape index (κ3) is 11.9. The molecule has 3 N–H and O–H groups in total. The van der Waals surface area contributed by atoms with E-state index in [2.05, 4.69) is 10.6 Å². The molecule has 3 amide bonds. The third-order valence-corrected chi connectivity index (χ3v) is 7.57. The predicted molar refractivity (Wildman–Crippen MR) is 193 cm³/mol. The summed E-state index contributed by atoms with van der Waals surface area (Å²) in [4.78, 5) is 57.8. The Labute approximate surface area is 296 Å². The molecule has 0 heterocycles. The fraction of sp³-hybridized carbons (Fsp3) is 0.450. The average Bonchev–Trinajstić information content (AvgIpc) is 2.99. The number of phenolic OH excluding ortho intramolecular Hbond substituents is 1. The van der Waals surface area contributed by atoms with Gasteiger partial charge < -0.3 is 30.1 Å². The van der Waals surface area contributed by atoms with Gasteiger partial charge in [0.1, 0.15) is 35.1 Å². The van der Waals surface area contributed by atoms with E-state index >= 15 is 0 Å². The van der Waals surface area contributed by atoms with E-state index in [4.69, 9.17) is 9.47 Å². The topological polar surface area (TPSA) is 134 Å². The second-order valence-electron chi connectivity index (χ2n) is 15.5. The summed E-state index contributed by atoms with van der Waals surface area (Å²) in [6, 6.07) is 19.6. The fourth-order valence-corrected chi connectivity index (χ4v) is 5.45. The molecule has 0 radical (unpaired) electrons. The molecule has 10 heteroatoms. The summed E-state index contributed by atoms with van der Waals surface area (Å²) in [6.07, 6.45) is -0.526. The first kappa shape index (κ1) is 39.6. The number of aryl methyl sites for hydroxylation is 1. The molecule has 0 saturated heterocycles. The van der Waals surface area contributed by atoms with Crippen molar-refractivity contribution in [1.29, 1.82) is 0 Å². The zero-order valence-electron chi connectivity index (χ0n) is 31.0. The lowest BCUT2D eigenvalue weighted by atomic mass is 9.93. The van der Waals surface area contributed by atoms with Gasteiger partial charge in [-0.15, -0.1) is 0 Å². The van der Waals surface area contributed by atoms with Crippen LogP contribution in [-0.4, -0.2) is 62.7 Å². The summed E-state index contributed by atoms with van der Waals surface area (Å²) in [5.41, 5.74) is -0.164. The summed E-state index contributed by atoms with van der Waals surface area (Å²) in [6.45, 7) is 17.5. The predicted octanol–water partition coefficient (Wildman–Crippen LogP) is 6.57. The molecule has 3 unspecified atom stereocenters. The van der Waals surface area contributed by atoms with E-state index < -0.39 is 58.7 Å². The molecule has 10 nitrogen and oxygen atoms in total. The standard InChI is InChI=1S/C40H53N3O7/c1-26-23-29(21-22-32(26)44)33(34(45)41-31(36(47)49-39(5,6)7)25-28-19-15-12-16-20-28)43(38(2,3)4)35(46)30(24-27-17-13-11-14-18-27)42-37(48)50-40(8,9)10/h11-23,30-31,33,44H,24-25H2,1-10H3,(H,41,45)(H,42,48). The Morgan fingerprint density at radius 2 is 1.20 bits per heavy atom. The molecule has 0 aromatic heterocycles. The van der Waals surface area contributed by atoms with Crippen molar-refractivity contribution >= 4 is 23.9 Å². The van der Waals surface area contributed by atoms with Crippen LogP contribution < -0.4 is 10.6 Å². The summed E-state index contributed by atoms with van der Waals surface area (Å²) >= 11 is 0. The van der Waals surface area contributed by atoms with Crippen LogP contribution >= 0.6 is 0 Å². The number of phenols is 1. The first-order valence-corrected chi connectivity index (χ1v) is 16.9. The van der Waals surface area contributed by atoms with Gasteiger partial charge in [0, 0.05) is 18.4 Å². The van der Waals surface area contributed by atoms with Crippen LogP contribution in [0.1, 0.15) is 90.6 Å². The lowest BCUT2D eigenvalue weighted by Gasteiger charge is -2.43. The van der Waals surface area contributed by atoms with Crippen LogP contribution in [0.25, 0.3) is 0 Å². The van der Waals surface area contributed by atoms with Crippen LogP contribution in [0, 0.1) is 6.92 Å². The van der Waals surface area contributed by atoms with E-state index in [1.165, 1.54) is 11.0 Å². The molecule has 0 saturated carbocycles. The minimum Gasteiger partial charge on any atom is -0.508 e. The van der Waals surface area contributed by atoms with Crippen molar-refractivity contribution in [2.24, 2.45) is 0 Å². The van der Waals surface area contributed by atoms with Crippen LogP contribution in [0.3, 0.4) is 0 Å². The molecule has 0 fully saturated rings. The molecule has 0 aliphatic rings. The van der Waals surface area contributed by atoms with Crippen LogP contribution in [0.2, 0.25) is 0 Å². The van der Waals surface area contributed by atoms with Crippen molar-refractivity contribution in [3.8, 4) is 5.75 Å². The number of rotatable bonds is 11. The fourth-order valence-electron chi connectivity index (χ4n) is 5.45. The van der Waals surface area contributed by atoms with Crippen molar-refractivity contribution < 1.29 is 33.8 Å². The van der Waals surface area contributed by atoms with E-state index in [-0.39, 0.29) is 18.6 Å². The maximum absolute atomic E-state index is 14.9. The zero-order chi connectivity index (χ0) is 37.4. The van der Waals surface area contributed by atoms with Gasteiger partial charge in [0.15, 0.2) is 0 Å². The van der Waals surface area contributed by atoms with E-state index in [9.17, 15) is 24.3 Å². The second-order valence-corrected chi connectivity index (χ2v) is 15.5. The zero-order valence-corrected chi connectivity index (χ0v) is 31.0. The van der Waals surface area contributed by atoms with Gasteiger partial charge in [-0.05, 0) is 104 Å². The van der Waals surface area contributed by atoms with Crippen LogP contribution in [0.15, 0.2) is 78.9 Å². The van der Waals surface area contributed by atoms with Gasteiger partial charge in [0.2, 0.25) is 11.8 Å². The van der Waals surface area contributed by atoms with E-state index in [0.717, 1.165) is 11.1 Å². The first-order chi connectivity index (χ1) is 23.1. The van der Waals surface area contributed by atoms with Gasteiger partial charge in [0.25, 0.3) is 0 Å². The van der Waals surface area contributed by atoms with Gasteiger partial charge >= 0.3 is 12.1 Å². The number of esters is 1. The van der Waals surface area contributed by atoms with Crippen molar-refractivity contribution in [3.63, 3.8) is 0 Å². The van der Waals surface area contributed by atoms with Crippen LogP contribution in [-0.2, 0) is 36.7 Å². The Morgan fingerprint density at radius 3 is 1.66 bits per heavy atom. The normalized spacial score (nSPS) is 13.7. The average molecular weight is 688 g/mol. The van der Waals surface area contributed by atoms with Gasteiger partial charge in [0.05, 0.1) is 0 Å². The number of aromatic hydroxyl groups is 1. The minimum atomic E-state index is -1.29. The van der Waals surface area contributed by atoms with E-state index in [1.54, 1.807) is 81.4 Å². The number of nitrogens with one attached hydrogen (secondary N) is 2. The molecule has 3 atom stereocenters. The quantitative estimate of drug-likeness (QED) is 0.194. The van der Waals surface area contributed by atoms with Gasteiger partial charge in [-0.3, -0.25) is 9.59 Å². The molecule has 3 aromatic carbocycles. The highest BCUT2D eigenvalue weighted by Gasteiger charge is 2.43. The van der Waals surface area contributed by atoms with Crippen molar-refractivity contribution in [1.82, 2.24) is 15.5 Å². The minimum absolute atomic E-state index is 0.0193. The lowest BCUT2D eigenvalue weighted by Crippen LogP contribution is -2.60. The Balaban J connectivity index is 2.16. The number of carbonyl (C=O) groups is 4. The van der Waals surface area contributed by atoms with Gasteiger partial charge in [-0.25, -0.2) is 9.59 Å². The molecule has 270 valence electrons. The molecular weight excluding hydrogens is 634 g/mol. The summed E-state index contributed by atoms with van der Waals surface area (Å²) < 4.78 is 11.3. The number of alkyl carbamates (subject to hydrolysis) is 1. The molecular formula is C40H53N3O7. The molecule has 3 aromatic rings. The van der Waals surface area contributed by atoms with Crippen LogP contribution in [0.4, 0.5) is 4.79 Å². The molecule has 0 spiro atoms.